The second-order valence-corrected chi connectivity index (χ2v) is 7.09. The Kier molecular flexibility index (Phi) is 9.13. The van der Waals surface area contributed by atoms with Crippen molar-refractivity contribution in [3.63, 3.8) is 0 Å². The van der Waals surface area contributed by atoms with E-state index in [1.165, 1.54) is 24.8 Å². The van der Waals surface area contributed by atoms with Crippen LogP contribution in [-0.2, 0) is 17.8 Å². The number of rotatable bonds is 8. The van der Waals surface area contributed by atoms with Crippen molar-refractivity contribution in [2.45, 2.75) is 32.0 Å². The lowest BCUT2D eigenvalue weighted by molar-refractivity contribution is -0.0000138. The third-order valence-electron chi connectivity index (χ3n) is 4.97. The molecular weight excluding hydrogens is 346 g/mol. The molecule has 1 aliphatic heterocycles. The SMILES string of the molecule is OC(COCc1ccccc1)CN1CCC(Cc2ccccc2)CC1.[Cl-]. The van der Waals surface area contributed by atoms with Crippen LogP contribution in [0.25, 0.3) is 0 Å². The van der Waals surface area contributed by atoms with E-state index >= 15 is 0 Å². The van der Waals surface area contributed by atoms with Crippen molar-refractivity contribution in [2.24, 2.45) is 5.92 Å². The monoisotopic (exact) mass is 374 g/mol. The normalized spacial score (nSPS) is 16.8. The van der Waals surface area contributed by atoms with E-state index in [9.17, 15) is 5.11 Å². The number of nitrogens with zero attached hydrogens (tertiary/aromatic N) is 1. The maximum atomic E-state index is 10.2. The Hall–Kier alpha value is -1.39. The van der Waals surface area contributed by atoms with Crippen LogP contribution in [-0.4, -0.2) is 42.4 Å². The molecule has 1 heterocycles. The third kappa shape index (κ3) is 7.08. The average Bonchev–Trinajstić information content (AvgIpc) is 2.65. The van der Waals surface area contributed by atoms with Crippen LogP contribution in [0.2, 0.25) is 0 Å². The van der Waals surface area contributed by atoms with Crippen molar-refractivity contribution in [1.82, 2.24) is 4.90 Å². The van der Waals surface area contributed by atoms with E-state index < -0.39 is 6.10 Å². The maximum absolute atomic E-state index is 10.2. The van der Waals surface area contributed by atoms with Crippen LogP contribution in [0, 0.1) is 5.92 Å². The highest BCUT2D eigenvalue weighted by Crippen LogP contribution is 2.21. The number of halogens is 1. The molecule has 1 atom stereocenters. The fraction of sp³-hybridized carbons (Fsp3) is 0.455. The molecule has 0 bridgehead atoms. The van der Waals surface area contributed by atoms with E-state index in [2.05, 4.69) is 35.2 Å². The zero-order valence-electron chi connectivity index (χ0n) is 15.3. The Bertz CT molecular complexity index is 600. The molecule has 26 heavy (non-hydrogen) atoms. The molecule has 1 saturated heterocycles. The minimum absolute atomic E-state index is 0. The van der Waals surface area contributed by atoms with Gasteiger partial charge in [-0.15, -0.1) is 0 Å². The topological polar surface area (TPSA) is 32.7 Å². The maximum Gasteiger partial charge on any atom is 0.0900 e. The predicted molar refractivity (Wildman–Crippen MR) is 101 cm³/mol. The summed E-state index contributed by atoms with van der Waals surface area (Å²) in [6, 6.07) is 20.9. The molecule has 142 valence electrons. The minimum Gasteiger partial charge on any atom is -1.00 e. The van der Waals surface area contributed by atoms with Gasteiger partial charge in [-0.2, -0.15) is 0 Å². The smallest absolute Gasteiger partial charge is 0.0900 e. The summed E-state index contributed by atoms with van der Waals surface area (Å²) in [5.41, 5.74) is 2.59. The van der Waals surface area contributed by atoms with Crippen LogP contribution in [0.15, 0.2) is 60.7 Å². The first-order valence-electron chi connectivity index (χ1n) is 9.35. The standard InChI is InChI=1S/C22H29NO2.ClH/c24-22(18-25-17-21-9-5-2-6-10-21)16-23-13-11-20(12-14-23)15-19-7-3-1-4-8-19;/h1-10,20,22,24H,11-18H2;1H/p-1. The number of aliphatic hydroxyl groups excluding tert-OH is 1. The van der Waals surface area contributed by atoms with Crippen molar-refractivity contribution in [3.05, 3.63) is 71.8 Å². The Balaban J connectivity index is 0.00000243. The van der Waals surface area contributed by atoms with Gasteiger partial charge in [-0.3, -0.25) is 0 Å². The molecule has 1 unspecified atom stereocenters. The van der Waals surface area contributed by atoms with Crippen molar-refractivity contribution >= 4 is 0 Å². The molecule has 0 aliphatic carbocycles. The van der Waals surface area contributed by atoms with Crippen molar-refractivity contribution in [1.29, 1.82) is 0 Å². The fourth-order valence-electron chi connectivity index (χ4n) is 3.56. The molecule has 1 aliphatic rings. The van der Waals surface area contributed by atoms with Gasteiger partial charge in [0, 0.05) is 6.54 Å². The molecule has 0 amide bonds. The van der Waals surface area contributed by atoms with Gasteiger partial charge in [-0.05, 0) is 49.4 Å². The van der Waals surface area contributed by atoms with E-state index in [1.807, 2.05) is 30.3 Å². The largest absolute Gasteiger partial charge is 1.00 e. The summed E-state index contributed by atoms with van der Waals surface area (Å²) in [4.78, 5) is 2.37. The summed E-state index contributed by atoms with van der Waals surface area (Å²) in [6.07, 6.45) is 3.20. The molecule has 0 radical (unpaired) electrons. The van der Waals surface area contributed by atoms with Gasteiger partial charge in [0.15, 0.2) is 0 Å². The van der Waals surface area contributed by atoms with E-state index in [4.69, 9.17) is 4.74 Å². The third-order valence-corrected chi connectivity index (χ3v) is 4.97. The Morgan fingerprint density at radius 2 is 1.50 bits per heavy atom. The molecule has 3 rings (SSSR count). The van der Waals surface area contributed by atoms with Gasteiger partial charge in [-0.25, -0.2) is 0 Å². The molecule has 3 nitrogen and oxygen atoms in total. The quantitative estimate of drug-likeness (QED) is 0.731. The first-order chi connectivity index (χ1) is 12.3. The van der Waals surface area contributed by atoms with Gasteiger partial charge in [-0.1, -0.05) is 60.7 Å². The highest BCUT2D eigenvalue weighted by atomic mass is 35.5. The zero-order valence-corrected chi connectivity index (χ0v) is 16.0. The van der Waals surface area contributed by atoms with Crippen LogP contribution in [0.5, 0.6) is 0 Å². The number of piperidine rings is 1. The highest BCUT2D eigenvalue weighted by molar-refractivity contribution is 5.15. The number of hydrogen-bond donors (Lipinski definition) is 1. The summed E-state index contributed by atoms with van der Waals surface area (Å²) < 4.78 is 5.65. The number of β-amino-alcohol motifs (C(OH)–C–C–N with tert-alkyl or cyclic N) is 1. The van der Waals surface area contributed by atoms with Gasteiger partial charge < -0.3 is 27.2 Å². The summed E-state index contributed by atoms with van der Waals surface area (Å²) in [5, 5.41) is 10.2. The highest BCUT2D eigenvalue weighted by Gasteiger charge is 2.21. The van der Waals surface area contributed by atoms with Crippen molar-refractivity contribution in [2.75, 3.05) is 26.2 Å². The van der Waals surface area contributed by atoms with Crippen LogP contribution >= 0.6 is 0 Å². The van der Waals surface area contributed by atoms with Gasteiger partial charge >= 0.3 is 0 Å². The van der Waals surface area contributed by atoms with E-state index in [-0.39, 0.29) is 12.4 Å². The average molecular weight is 375 g/mol. The Morgan fingerprint density at radius 3 is 2.12 bits per heavy atom. The fourth-order valence-corrected chi connectivity index (χ4v) is 3.56. The van der Waals surface area contributed by atoms with Gasteiger partial charge in [0.25, 0.3) is 0 Å². The number of ether oxygens (including phenoxy) is 1. The molecule has 0 saturated carbocycles. The molecule has 0 spiro atoms. The summed E-state index contributed by atoms with van der Waals surface area (Å²) in [7, 11) is 0. The molecule has 0 aromatic heterocycles. The molecular formula is C22H29ClNO2-. The number of likely N-dealkylation sites (tertiary alicyclic amines) is 1. The summed E-state index contributed by atoms with van der Waals surface area (Å²) >= 11 is 0. The molecule has 1 fully saturated rings. The lowest BCUT2D eigenvalue weighted by Crippen LogP contribution is -3.00. The van der Waals surface area contributed by atoms with Crippen molar-refractivity contribution < 1.29 is 22.3 Å². The zero-order chi connectivity index (χ0) is 17.3. The van der Waals surface area contributed by atoms with E-state index in [0.717, 1.165) is 24.6 Å². The molecule has 1 N–H and O–H groups in total. The Labute approximate surface area is 163 Å². The van der Waals surface area contributed by atoms with Gasteiger partial charge in [0.05, 0.1) is 19.3 Å². The van der Waals surface area contributed by atoms with Gasteiger partial charge in [0.2, 0.25) is 0 Å². The predicted octanol–water partition coefficient (Wildman–Crippen LogP) is 0.523. The van der Waals surface area contributed by atoms with E-state index in [0.29, 0.717) is 19.8 Å². The summed E-state index contributed by atoms with van der Waals surface area (Å²) in [5.74, 6) is 0.769. The molecule has 4 heteroatoms. The Morgan fingerprint density at radius 1 is 0.923 bits per heavy atom. The second-order valence-electron chi connectivity index (χ2n) is 7.09. The number of benzene rings is 2. The summed E-state index contributed by atoms with van der Waals surface area (Å²) in [6.45, 7) is 3.84. The lowest BCUT2D eigenvalue weighted by Gasteiger charge is -2.33. The molecule has 2 aromatic rings. The first kappa shape index (κ1) is 20.9. The second kappa shape index (κ2) is 11.3. The number of hydrogen-bond acceptors (Lipinski definition) is 3. The van der Waals surface area contributed by atoms with Gasteiger partial charge in [0.1, 0.15) is 0 Å². The number of aliphatic hydroxyl groups is 1. The molecule has 2 aromatic carbocycles. The minimum atomic E-state index is -0.408. The van der Waals surface area contributed by atoms with Crippen LogP contribution in [0.1, 0.15) is 24.0 Å². The van der Waals surface area contributed by atoms with Crippen LogP contribution < -0.4 is 12.4 Å². The lowest BCUT2D eigenvalue weighted by atomic mass is 9.90. The van der Waals surface area contributed by atoms with Crippen LogP contribution in [0.4, 0.5) is 0 Å². The van der Waals surface area contributed by atoms with Crippen LogP contribution in [0.3, 0.4) is 0 Å². The first-order valence-corrected chi connectivity index (χ1v) is 9.35. The van der Waals surface area contributed by atoms with E-state index in [1.54, 1.807) is 0 Å². The van der Waals surface area contributed by atoms with Crippen molar-refractivity contribution in [3.8, 4) is 0 Å².